The van der Waals surface area contributed by atoms with E-state index < -0.39 is 17.9 Å². The summed E-state index contributed by atoms with van der Waals surface area (Å²) in [5.41, 5.74) is 5.45. The number of nitrogens with two attached hydrogens (primary N) is 1. The SMILES string of the molecule is COc1ccc(-c2nc(C(=O)N3CCC[C@H]3c3ncccn3)c([C@H](C)N)o2)c2ccc(C(F)(F)F)nc12. The summed E-state index contributed by atoms with van der Waals surface area (Å²) in [5, 5.41) is 0.320. The summed E-state index contributed by atoms with van der Waals surface area (Å²) in [4.78, 5) is 32.2. The van der Waals surface area contributed by atoms with Gasteiger partial charge in [-0.3, -0.25) is 4.79 Å². The second kappa shape index (κ2) is 9.43. The molecular formula is C25H23F3N6O3. The number of alkyl halides is 3. The summed E-state index contributed by atoms with van der Waals surface area (Å²) in [7, 11) is 1.34. The first-order valence-corrected chi connectivity index (χ1v) is 11.6. The minimum absolute atomic E-state index is 0.0101. The number of hydrogen-bond donors (Lipinski definition) is 1. The van der Waals surface area contributed by atoms with Gasteiger partial charge >= 0.3 is 6.18 Å². The monoisotopic (exact) mass is 512 g/mol. The number of methoxy groups -OCH3 is 1. The van der Waals surface area contributed by atoms with Crippen LogP contribution in [0, 0.1) is 0 Å². The van der Waals surface area contributed by atoms with E-state index in [1.807, 2.05) is 0 Å². The van der Waals surface area contributed by atoms with Gasteiger partial charge in [0.1, 0.15) is 17.0 Å². The van der Waals surface area contributed by atoms with Crippen molar-refractivity contribution in [1.29, 1.82) is 0 Å². The van der Waals surface area contributed by atoms with Crippen LogP contribution in [0.2, 0.25) is 0 Å². The van der Waals surface area contributed by atoms with Gasteiger partial charge in [-0.2, -0.15) is 13.2 Å². The number of amides is 1. The maximum Gasteiger partial charge on any atom is 0.433 e. The normalized spacial score (nSPS) is 16.8. The maximum absolute atomic E-state index is 13.7. The third-order valence-corrected chi connectivity index (χ3v) is 6.23. The molecule has 37 heavy (non-hydrogen) atoms. The molecule has 0 aliphatic carbocycles. The van der Waals surface area contributed by atoms with Gasteiger partial charge in [0.15, 0.2) is 17.3 Å². The molecule has 3 aromatic heterocycles. The van der Waals surface area contributed by atoms with E-state index in [-0.39, 0.29) is 40.6 Å². The predicted molar refractivity (Wildman–Crippen MR) is 126 cm³/mol. The lowest BCUT2D eigenvalue weighted by atomic mass is 10.1. The Morgan fingerprint density at radius 3 is 2.62 bits per heavy atom. The number of nitrogens with zero attached hydrogens (tertiary/aromatic N) is 5. The van der Waals surface area contributed by atoms with Crippen LogP contribution in [0.1, 0.15) is 59.6 Å². The topological polar surface area (TPSA) is 120 Å². The molecule has 0 radical (unpaired) electrons. The largest absolute Gasteiger partial charge is 0.494 e. The lowest BCUT2D eigenvalue weighted by Crippen LogP contribution is -2.32. The summed E-state index contributed by atoms with van der Waals surface area (Å²) >= 11 is 0. The van der Waals surface area contributed by atoms with Crippen LogP contribution < -0.4 is 10.5 Å². The minimum atomic E-state index is -4.63. The van der Waals surface area contributed by atoms with Gasteiger partial charge < -0.3 is 19.8 Å². The second-order valence-corrected chi connectivity index (χ2v) is 8.69. The van der Waals surface area contributed by atoms with Crippen LogP contribution in [0.25, 0.3) is 22.4 Å². The number of hydrogen-bond acceptors (Lipinski definition) is 8. The molecule has 1 aromatic carbocycles. The van der Waals surface area contributed by atoms with E-state index in [2.05, 4.69) is 19.9 Å². The summed E-state index contributed by atoms with van der Waals surface area (Å²) < 4.78 is 51.1. The number of rotatable bonds is 5. The second-order valence-electron chi connectivity index (χ2n) is 8.69. The Kier molecular flexibility index (Phi) is 6.28. The quantitative estimate of drug-likeness (QED) is 0.408. The Morgan fingerprint density at radius 2 is 1.95 bits per heavy atom. The summed E-state index contributed by atoms with van der Waals surface area (Å²) in [6.45, 7) is 2.14. The van der Waals surface area contributed by atoms with Crippen LogP contribution in [-0.4, -0.2) is 44.4 Å². The average Bonchev–Trinajstić information content (AvgIpc) is 3.55. The fraction of sp³-hybridized carbons (Fsp3) is 0.320. The number of aromatic nitrogens is 4. The van der Waals surface area contributed by atoms with Gasteiger partial charge in [0, 0.05) is 29.9 Å². The van der Waals surface area contributed by atoms with Gasteiger partial charge in [0.25, 0.3) is 5.91 Å². The van der Waals surface area contributed by atoms with Gasteiger partial charge in [-0.05, 0) is 50.1 Å². The first kappa shape index (κ1) is 24.6. The molecule has 0 saturated carbocycles. The molecule has 12 heteroatoms. The molecule has 1 saturated heterocycles. The van der Waals surface area contributed by atoms with E-state index >= 15 is 0 Å². The van der Waals surface area contributed by atoms with E-state index in [0.717, 1.165) is 12.5 Å². The highest BCUT2D eigenvalue weighted by Crippen LogP contribution is 2.38. The van der Waals surface area contributed by atoms with Crippen LogP contribution in [0.5, 0.6) is 5.75 Å². The van der Waals surface area contributed by atoms with Crippen molar-refractivity contribution in [3.05, 3.63) is 65.7 Å². The van der Waals surface area contributed by atoms with Gasteiger partial charge in [-0.25, -0.2) is 19.9 Å². The van der Waals surface area contributed by atoms with Crippen molar-refractivity contribution in [2.75, 3.05) is 13.7 Å². The predicted octanol–water partition coefficient (Wildman–Crippen LogP) is 4.70. The van der Waals surface area contributed by atoms with E-state index in [0.29, 0.717) is 29.7 Å². The molecule has 5 rings (SSSR count). The van der Waals surface area contributed by atoms with Crippen molar-refractivity contribution in [3.8, 4) is 17.2 Å². The average molecular weight is 512 g/mol. The molecule has 1 amide bonds. The molecular weight excluding hydrogens is 489 g/mol. The number of likely N-dealkylation sites (tertiary alicyclic amines) is 1. The Hall–Kier alpha value is -4.06. The number of ether oxygens (including phenoxy) is 1. The summed E-state index contributed by atoms with van der Waals surface area (Å²) in [5.74, 6) is 0.516. The van der Waals surface area contributed by atoms with E-state index in [1.54, 1.807) is 36.4 Å². The van der Waals surface area contributed by atoms with Crippen molar-refractivity contribution >= 4 is 16.8 Å². The zero-order valence-electron chi connectivity index (χ0n) is 20.0. The molecule has 192 valence electrons. The molecule has 1 aliphatic heterocycles. The van der Waals surface area contributed by atoms with Crippen LogP contribution in [0.3, 0.4) is 0 Å². The summed E-state index contributed by atoms with van der Waals surface area (Å²) in [6.07, 6.45) is 0.0813. The van der Waals surface area contributed by atoms with Gasteiger partial charge in [0.2, 0.25) is 5.89 Å². The van der Waals surface area contributed by atoms with Gasteiger partial charge in [-0.1, -0.05) is 0 Å². The van der Waals surface area contributed by atoms with Crippen molar-refractivity contribution < 1.29 is 27.1 Å². The van der Waals surface area contributed by atoms with Gasteiger partial charge in [-0.15, -0.1) is 0 Å². The van der Waals surface area contributed by atoms with Crippen LogP contribution >= 0.6 is 0 Å². The number of carbonyl (C=O) groups is 1. The Labute approximate surface area is 209 Å². The molecule has 2 atom stereocenters. The molecule has 0 bridgehead atoms. The zero-order valence-corrected chi connectivity index (χ0v) is 20.0. The lowest BCUT2D eigenvalue weighted by molar-refractivity contribution is -0.140. The van der Waals surface area contributed by atoms with E-state index in [1.165, 1.54) is 19.2 Å². The number of pyridine rings is 1. The highest BCUT2D eigenvalue weighted by Gasteiger charge is 2.37. The minimum Gasteiger partial charge on any atom is -0.494 e. The van der Waals surface area contributed by atoms with Crippen molar-refractivity contribution in [1.82, 2.24) is 24.8 Å². The summed E-state index contributed by atoms with van der Waals surface area (Å²) in [6, 6.07) is 5.94. The fourth-order valence-electron chi connectivity index (χ4n) is 4.51. The lowest BCUT2D eigenvalue weighted by Gasteiger charge is -2.23. The molecule has 0 unspecified atom stereocenters. The van der Waals surface area contributed by atoms with E-state index in [9.17, 15) is 18.0 Å². The molecule has 4 aromatic rings. The molecule has 9 nitrogen and oxygen atoms in total. The highest BCUT2D eigenvalue weighted by molar-refractivity contribution is 5.98. The van der Waals surface area contributed by atoms with Crippen LogP contribution in [0.15, 0.2) is 47.1 Å². The highest BCUT2D eigenvalue weighted by atomic mass is 19.4. The maximum atomic E-state index is 13.7. The number of halogens is 3. The van der Waals surface area contributed by atoms with Crippen LogP contribution in [-0.2, 0) is 6.18 Å². The molecule has 1 fully saturated rings. The van der Waals surface area contributed by atoms with E-state index in [4.69, 9.17) is 14.9 Å². The molecule has 0 spiro atoms. The first-order valence-electron chi connectivity index (χ1n) is 11.6. The number of carbonyl (C=O) groups excluding carboxylic acids is 1. The number of fused-ring (bicyclic) bond motifs is 1. The van der Waals surface area contributed by atoms with Crippen molar-refractivity contribution in [2.24, 2.45) is 5.73 Å². The smallest absolute Gasteiger partial charge is 0.433 e. The number of oxazole rings is 1. The Balaban J connectivity index is 1.59. The fourth-order valence-corrected chi connectivity index (χ4v) is 4.51. The first-order chi connectivity index (χ1) is 17.7. The van der Waals surface area contributed by atoms with Gasteiger partial charge in [0.05, 0.1) is 19.2 Å². The number of benzene rings is 1. The molecule has 1 aliphatic rings. The van der Waals surface area contributed by atoms with Crippen molar-refractivity contribution in [3.63, 3.8) is 0 Å². The molecule has 2 N–H and O–H groups in total. The molecule has 4 heterocycles. The Bertz CT molecular complexity index is 1460. The third-order valence-electron chi connectivity index (χ3n) is 6.23. The van der Waals surface area contributed by atoms with Crippen molar-refractivity contribution in [2.45, 2.75) is 38.0 Å². The third kappa shape index (κ3) is 4.48. The zero-order chi connectivity index (χ0) is 26.3. The van der Waals surface area contributed by atoms with Crippen LogP contribution in [0.4, 0.5) is 13.2 Å². The standard InChI is InChI=1S/C25H23F3N6O3/c1-13(29)21-20(24(35)34-12-3-5-16(34)22-30-10-4-11-31-22)33-23(37-21)15-6-8-17(36-2)19-14(15)7-9-18(32-19)25(26,27)28/h4,6-11,13,16H,3,5,12,29H2,1-2H3/t13-,16-/m0/s1. The Morgan fingerprint density at radius 1 is 1.19 bits per heavy atom.